The Morgan fingerprint density at radius 1 is 1.10 bits per heavy atom. The van der Waals surface area contributed by atoms with Crippen LogP contribution in [0, 0.1) is 0 Å². The summed E-state index contributed by atoms with van der Waals surface area (Å²) in [5, 5.41) is 3.77. The molecule has 0 spiro atoms. The summed E-state index contributed by atoms with van der Waals surface area (Å²) in [6.45, 7) is -2.61. The number of hydrogen-bond donors (Lipinski definition) is 1. The maximum absolute atomic E-state index is 13.4. The molecular weight excluding hydrogens is 426 g/mol. The highest BCUT2D eigenvalue weighted by Crippen LogP contribution is 2.31. The number of hydrogen-bond acceptors (Lipinski definition) is 6. The fourth-order valence-electron chi connectivity index (χ4n) is 3.35. The third-order valence-corrected chi connectivity index (χ3v) is 6.37. The summed E-state index contributed by atoms with van der Waals surface area (Å²) < 4.78 is 57.5. The molecule has 0 aliphatic heterocycles. The van der Waals surface area contributed by atoms with Crippen molar-refractivity contribution >= 4 is 20.9 Å². The molecular formula is C21H18F2N4O3S. The summed E-state index contributed by atoms with van der Waals surface area (Å²) >= 11 is 0. The SMILES string of the molecule is CNCc1cn(S(=O)(=O)c2cccc(OC(F)F)c2)c2cc(-c3cncnc3)ccc12. The molecule has 0 aliphatic rings. The monoisotopic (exact) mass is 444 g/mol. The van der Waals surface area contributed by atoms with Crippen LogP contribution in [-0.4, -0.2) is 36.0 Å². The van der Waals surface area contributed by atoms with Gasteiger partial charge in [0.25, 0.3) is 10.0 Å². The van der Waals surface area contributed by atoms with Gasteiger partial charge < -0.3 is 10.1 Å². The molecule has 160 valence electrons. The van der Waals surface area contributed by atoms with Gasteiger partial charge in [0.15, 0.2) is 0 Å². The second-order valence-electron chi connectivity index (χ2n) is 6.70. The molecule has 0 fully saturated rings. The zero-order chi connectivity index (χ0) is 22.0. The fraction of sp³-hybridized carbons (Fsp3) is 0.143. The highest BCUT2D eigenvalue weighted by Gasteiger charge is 2.22. The number of nitrogens with one attached hydrogen (secondary N) is 1. The Bertz CT molecular complexity index is 1330. The number of nitrogens with zero attached hydrogens (tertiary/aromatic N) is 3. The van der Waals surface area contributed by atoms with Gasteiger partial charge in [0.1, 0.15) is 12.1 Å². The Hall–Kier alpha value is -3.37. The molecule has 4 aromatic rings. The quantitative estimate of drug-likeness (QED) is 0.468. The molecule has 0 saturated heterocycles. The van der Waals surface area contributed by atoms with E-state index in [1.54, 1.807) is 25.5 Å². The van der Waals surface area contributed by atoms with Gasteiger partial charge in [0, 0.05) is 42.2 Å². The minimum absolute atomic E-state index is 0.160. The Balaban J connectivity index is 1.89. The molecule has 1 N–H and O–H groups in total. The van der Waals surface area contributed by atoms with Crippen LogP contribution in [0.1, 0.15) is 5.56 Å². The molecule has 0 amide bonds. The minimum atomic E-state index is -4.09. The third kappa shape index (κ3) is 4.12. The second kappa shape index (κ2) is 8.40. The minimum Gasteiger partial charge on any atom is -0.435 e. The molecule has 7 nitrogen and oxygen atoms in total. The maximum Gasteiger partial charge on any atom is 0.387 e. The number of benzene rings is 2. The lowest BCUT2D eigenvalue weighted by molar-refractivity contribution is -0.0499. The lowest BCUT2D eigenvalue weighted by Gasteiger charge is -2.10. The zero-order valence-electron chi connectivity index (χ0n) is 16.4. The Labute approximate surface area is 177 Å². The summed E-state index contributed by atoms with van der Waals surface area (Å²) in [7, 11) is -2.33. The van der Waals surface area contributed by atoms with Gasteiger partial charge in [-0.05, 0) is 36.4 Å². The van der Waals surface area contributed by atoms with Gasteiger partial charge in [-0.15, -0.1) is 0 Å². The van der Waals surface area contributed by atoms with Gasteiger partial charge in [0.05, 0.1) is 10.4 Å². The van der Waals surface area contributed by atoms with Gasteiger partial charge in [0.2, 0.25) is 0 Å². The molecule has 0 atom stereocenters. The smallest absolute Gasteiger partial charge is 0.387 e. The van der Waals surface area contributed by atoms with Crippen molar-refractivity contribution in [3.8, 4) is 16.9 Å². The number of fused-ring (bicyclic) bond motifs is 1. The zero-order valence-corrected chi connectivity index (χ0v) is 17.2. The van der Waals surface area contributed by atoms with Crippen molar-refractivity contribution in [2.24, 2.45) is 0 Å². The van der Waals surface area contributed by atoms with Crippen LogP contribution in [0.2, 0.25) is 0 Å². The summed E-state index contributed by atoms with van der Waals surface area (Å²) in [6.07, 6.45) is 6.21. The number of aromatic nitrogens is 3. The van der Waals surface area contributed by atoms with E-state index in [9.17, 15) is 17.2 Å². The van der Waals surface area contributed by atoms with Crippen LogP contribution < -0.4 is 10.1 Å². The van der Waals surface area contributed by atoms with E-state index in [1.807, 2.05) is 12.1 Å². The van der Waals surface area contributed by atoms with Gasteiger partial charge >= 0.3 is 6.61 Å². The van der Waals surface area contributed by atoms with Crippen molar-refractivity contribution < 1.29 is 21.9 Å². The topological polar surface area (TPSA) is 86.1 Å². The highest BCUT2D eigenvalue weighted by molar-refractivity contribution is 7.90. The molecule has 0 aliphatic carbocycles. The first-order valence-electron chi connectivity index (χ1n) is 9.24. The fourth-order valence-corrected chi connectivity index (χ4v) is 4.77. The molecule has 0 radical (unpaired) electrons. The second-order valence-corrected chi connectivity index (χ2v) is 8.51. The van der Waals surface area contributed by atoms with Crippen LogP contribution in [0.4, 0.5) is 8.78 Å². The summed E-state index contributed by atoms with van der Waals surface area (Å²) in [6, 6.07) is 10.5. The van der Waals surface area contributed by atoms with E-state index in [1.165, 1.54) is 30.7 Å². The first kappa shape index (κ1) is 20.9. The average Bonchev–Trinajstić information content (AvgIpc) is 3.13. The van der Waals surface area contributed by atoms with Gasteiger partial charge in [-0.3, -0.25) is 0 Å². The molecule has 4 rings (SSSR count). The molecule has 0 unspecified atom stereocenters. The van der Waals surface area contributed by atoms with E-state index in [0.717, 1.165) is 32.1 Å². The normalized spacial score (nSPS) is 11.9. The Morgan fingerprint density at radius 2 is 1.87 bits per heavy atom. The third-order valence-electron chi connectivity index (χ3n) is 4.70. The van der Waals surface area contributed by atoms with Crippen LogP contribution in [0.3, 0.4) is 0 Å². The summed E-state index contributed by atoms with van der Waals surface area (Å²) in [4.78, 5) is 7.85. The number of halogens is 2. The Morgan fingerprint density at radius 3 is 2.58 bits per heavy atom. The van der Waals surface area contributed by atoms with Crippen molar-refractivity contribution in [1.82, 2.24) is 19.3 Å². The van der Waals surface area contributed by atoms with E-state index in [-0.39, 0.29) is 10.6 Å². The first-order chi connectivity index (χ1) is 14.9. The lowest BCUT2D eigenvalue weighted by Crippen LogP contribution is -2.13. The lowest BCUT2D eigenvalue weighted by atomic mass is 10.1. The molecule has 0 bridgehead atoms. The predicted octanol–water partition coefficient (Wildman–Crippen LogP) is 3.66. The molecule has 2 heterocycles. The molecule has 2 aromatic heterocycles. The van der Waals surface area contributed by atoms with Crippen molar-refractivity contribution in [3.63, 3.8) is 0 Å². The van der Waals surface area contributed by atoms with E-state index < -0.39 is 16.6 Å². The van der Waals surface area contributed by atoms with E-state index in [2.05, 4.69) is 20.0 Å². The standard InChI is InChI=1S/C21H18F2N4O3S/c1-24-9-16-12-27(31(28,29)18-4-2-3-17(8-18)30-21(22)23)20-7-14(5-6-19(16)20)15-10-25-13-26-11-15/h2-8,10-13,21,24H,9H2,1H3. The van der Waals surface area contributed by atoms with Crippen LogP contribution in [0.15, 0.2) is 72.3 Å². The largest absolute Gasteiger partial charge is 0.435 e. The van der Waals surface area contributed by atoms with Crippen molar-refractivity contribution in [2.75, 3.05) is 7.05 Å². The van der Waals surface area contributed by atoms with Gasteiger partial charge in [-0.25, -0.2) is 22.4 Å². The molecule has 10 heteroatoms. The average molecular weight is 444 g/mol. The molecule has 0 saturated carbocycles. The summed E-state index contributed by atoms with van der Waals surface area (Å²) in [5.74, 6) is -0.231. The van der Waals surface area contributed by atoms with Gasteiger partial charge in [-0.1, -0.05) is 18.2 Å². The first-order valence-corrected chi connectivity index (χ1v) is 10.7. The molecule has 2 aromatic carbocycles. The van der Waals surface area contributed by atoms with E-state index in [0.29, 0.717) is 12.1 Å². The van der Waals surface area contributed by atoms with Crippen LogP contribution in [0.5, 0.6) is 5.75 Å². The van der Waals surface area contributed by atoms with Crippen molar-refractivity contribution in [3.05, 3.63) is 72.9 Å². The van der Waals surface area contributed by atoms with Crippen LogP contribution in [-0.2, 0) is 16.6 Å². The van der Waals surface area contributed by atoms with E-state index in [4.69, 9.17) is 0 Å². The number of rotatable bonds is 7. The summed E-state index contributed by atoms with van der Waals surface area (Å²) in [5.41, 5.74) is 2.70. The Kier molecular flexibility index (Phi) is 5.66. The highest BCUT2D eigenvalue weighted by atomic mass is 32.2. The maximum atomic E-state index is 13.4. The predicted molar refractivity (Wildman–Crippen MR) is 111 cm³/mol. The molecule has 31 heavy (non-hydrogen) atoms. The van der Waals surface area contributed by atoms with Crippen molar-refractivity contribution in [1.29, 1.82) is 0 Å². The van der Waals surface area contributed by atoms with Crippen molar-refractivity contribution in [2.45, 2.75) is 18.1 Å². The van der Waals surface area contributed by atoms with E-state index >= 15 is 0 Å². The number of ether oxygens (including phenoxy) is 1. The van der Waals surface area contributed by atoms with Gasteiger partial charge in [-0.2, -0.15) is 8.78 Å². The van der Waals surface area contributed by atoms with Crippen LogP contribution >= 0.6 is 0 Å². The number of alkyl halides is 2. The van der Waals surface area contributed by atoms with Crippen LogP contribution in [0.25, 0.3) is 22.0 Å².